The molecule has 1 heterocycles. The number of allylic oxidation sites excluding steroid dienone is 1. The van der Waals surface area contributed by atoms with Gasteiger partial charge in [-0.1, -0.05) is 83.5 Å². The van der Waals surface area contributed by atoms with E-state index in [-0.39, 0.29) is 18.0 Å². The molecule has 1 fully saturated rings. The van der Waals surface area contributed by atoms with Crippen LogP contribution in [0.3, 0.4) is 0 Å². The van der Waals surface area contributed by atoms with Crippen LogP contribution < -0.4 is 5.32 Å². The molecule has 23 heavy (non-hydrogen) atoms. The van der Waals surface area contributed by atoms with Gasteiger partial charge in [-0.25, -0.2) is 0 Å². The summed E-state index contributed by atoms with van der Waals surface area (Å²) in [6.45, 7) is 3.31. The van der Waals surface area contributed by atoms with E-state index in [1.54, 1.807) is 13.8 Å². The van der Waals surface area contributed by atoms with Crippen LogP contribution in [0.15, 0.2) is 11.8 Å². The van der Waals surface area contributed by atoms with Gasteiger partial charge in [0.25, 0.3) is 5.91 Å². The van der Waals surface area contributed by atoms with Crippen LogP contribution in [-0.4, -0.2) is 37.4 Å². The number of hydrogen-bond acceptors (Lipinski definition) is 2. The second-order valence-electron chi connectivity index (χ2n) is 5.48. The predicted molar refractivity (Wildman–Crippen MR) is 96.3 cm³/mol. The van der Waals surface area contributed by atoms with Gasteiger partial charge in [-0.15, -0.1) is 0 Å². The molecular weight excluding hydrogens is 429 g/mol. The Balaban J connectivity index is 2.94. The minimum atomic E-state index is -1.59. The second kappa shape index (κ2) is 7.76. The third kappa shape index (κ3) is 5.72. The van der Waals surface area contributed by atoms with Crippen molar-refractivity contribution in [3.8, 4) is 0 Å². The summed E-state index contributed by atoms with van der Waals surface area (Å²) in [5, 5.41) is 2.60. The maximum absolute atomic E-state index is 12.4. The molecule has 1 saturated heterocycles. The van der Waals surface area contributed by atoms with Gasteiger partial charge in [-0.2, -0.15) is 0 Å². The lowest BCUT2D eigenvalue weighted by Gasteiger charge is -2.34. The van der Waals surface area contributed by atoms with Crippen molar-refractivity contribution >= 4 is 81.4 Å². The lowest BCUT2D eigenvalue weighted by Crippen LogP contribution is -2.56. The molecule has 0 aromatic carbocycles. The molecule has 1 N–H and O–H groups in total. The van der Waals surface area contributed by atoms with Gasteiger partial charge in [-0.05, 0) is 12.5 Å². The van der Waals surface area contributed by atoms with Crippen molar-refractivity contribution < 1.29 is 9.59 Å². The predicted octanol–water partition coefficient (Wildman–Crippen LogP) is 4.23. The zero-order chi connectivity index (χ0) is 18.2. The Morgan fingerprint density at radius 2 is 1.65 bits per heavy atom. The Morgan fingerprint density at radius 3 is 2.09 bits per heavy atom. The average molecular weight is 445 g/mol. The number of nitrogens with zero attached hydrogens (tertiary/aromatic N) is 1. The van der Waals surface area contributed by atoms with Crippen molar-refractivity contribution in [1.29, 1.82) is 0 Å². The van der Waals surface area contributed by atoms with Crippen molar-refractivity contribution in [2.24, 2.45) is 11.8 Å². The van der Waals surface area contributed by atoms with Crippen LogP contribution in [0.25, 0.3) is 0 Å². The Labute approximate surface area is 165 Å². The lowest BCUT2D eigenvalue weighted by atomic mass is 9.99. The molecule has 1 aliphatic heterocycles. The molecule has 3 atom stereocenters. The molecule has 0 unspecified atom stereocenters. The highest BCUT2D eigenvalue weighted by Gasteiger charge is 2.40. The lowest BCUT2D eigenvalue weighted by molar-refractivity contribution is -0.139. The number of amides is 2. The summed E-state index contributed by atoms with van der Waals surface area (Å²) in [5.41, 5.74) is 0.117. The van der Waals surface area contributed by atoms with Gasteiger partial charge in [0.1, 0.15) is 11.7 Å². The topological polar surface area (TPSA) is 49.4 Å². The standard InChI is InChI=1S/C13H16Cl6N2O2/c1-6(12(14,15)16)4-8-11(23)21(3)9(10(22)20-8)5-7(2)13(17,18)19/h5-8H,4H2,1-3H3,(H,20,22)/b9-5+/t6-,7+,8-/m1/s1. The molecule has 1 aliphatic rings. The fourth-order valence-electron chi connectivity index (χ4n) is 1.96. The first-order chi connectivity index (χ1) is 10.2. The van der Waals surface area contributed by atoms with E-state index in [9.17, 15) is 9.59 Å². The van der Waals surface area contributed by atoms with E-state index in [0.717, 1.165) is 0 Å². The van der Waals surface area contributed by atoms with E-state index >= 15 is 0 Å². The van der Waals surface area contributed by atoms with Gasteiger partial charge in [0.15, 0.2) is 7.59 Å². The Bertz CT molecular complexity index is 512. The number of carbonyl (C=O) groups is 2. The van der Waals surface area contributed by atoms with Gasteiger partial charge in [0.2, 0.25) is 5.91 Å². The molecule has 0 spiro atoms. The fraction of sp³-hybridized carbons (Fsp3) is 0.692. The molecule has 2 amide bonds. The van der Waals surface area contributed by atoms with Crippen LogP contribution in [0.2, 0.25) is 0 Å². The first kappa shape index (κ1) is 21.5. The smallest absolute Gasteiger partial charge is 0.268 e. The Kier molecular flexibility index (Phi) is 7.24. The summed E-state index contributed by atoms with van der Waals surface area (Å²) in [6.07, 6.45) is 1.63. The molecule has 0 aromatic rings. The van der Waals surface area contributed by atoms with E-state index in [1.807, 2.05) is 0 Å². The molecule has 1 rings (SSSR count). The maximum atomic E-state index is 12.4. The Morgan fingerprint density at radius 1 is 1.13 bits per heavy atom. The molecule has 0 radical (unpaired) electrons. The van der Waals surface area contributed by atoms with Crippen molar-refractivity contribution in [2.45, 2.75) is 33.9 Å². The Hall–Kier alpha value is 0.420. The van der Waals surface area contributed by atoms with Crippen LogP contribution in [0.1, 0.15) is 20.3 Å². The van der Waals surface area contributed by atoms with Gasteiger partial charge in [-0.3, -0.25) is 9.59 Å². The molecule has 0 saturated carbocycles. The van der Waals surface area contributed by atoms with Gasteiger partial charge >= 0.3 is 0 Å². The molecule has 0 aliphatic carbocycles. The van der Waals surface area contributed by atoms with Crippen LogP contribution in [-0.2, 0) is 9.59 Å². The molecule has 132 valence electrons. The van der Waals surface area contributed by atoms with E-state index < -0.39 is 31.4 Å². The van der Waals surface area contributed by atoms with Crippen LogP contribution in [0.4, 0.5) is 0 Å². The number of piperazine rings is 1. The van der Waals surface area contributed by atoms with Gasteiger partial charge in [0.05, 0.1) is 0 Å². The molecule has 10 heteroatoms. The summed E-state index contributed by atoms with van der Waals surface area (Å²) in [7, 11) is 1.48. The average Bonchev–Trinajstić information content (AvgIpc) is 2.38. The minimum Gasteiger partial charge on any atom is -0.339 e. The summed E-state index contributed by atoms with van der Waals surface area (Å²) >= 11 is 34.8. The molecular formula is C13H16Cl6N2O2. The van der Waals surface area contributed by atoms with Crippen molar-refractivity contribution in [3.05, 3.63) is 11.8 Å². The van der Waals surface area contributed by atoms with E-state index in [1.165, 1.54) is 18.0 Å². The number of rotatable bonds is 3. The van der Waals surface area contributed by atoms with E-state index in [2.05, 4.69) is 5.32 Å². The van der Waals surface area contributed by atoms with Crippen LogP contribution in [0, 0.1) is 11.8 Å². The highest BCUT2D eigenvalue weighted by Crippen LogP contribution is 2.38. The minimum absolute atomic E-state index is 0.117. The summed E-state index contributed by atoms with van der Waals surface area (Å²) in [4.78, 5) is 25.9. The zero-order valence-corrected chi connectivity index (χ0v) is 17.1. The number of hydrogen-bond donors (Lipinski definition) is 1. The second-order valence-corrected chi connectivity index (χ2v) is 10.2. The zero-order valence-electron chi connectivity index (χ0n) is 12.5. The number of carbonyl (C=O) groups excluding carboxylic acids is 2. The molecule has 0 aromatic heterocycles. The van der Waals surface area contributed by atoms with Crippen LogP contribution in [0.5, 0.6) is 0 Å². The number of halogens is 6. The van der Waals surface area contributed by atoms with Crippen LogP contribution >= 0.6 is 69.6 Å². The van der Waals surface area contributed by atoms with Gasteiger partial charge < -0.3 is 10.2 Å². The summed E-state index contributed by atoms with van der Waals surface area (Å²) < 4.78 is -3.11. The van der Waals surface area contributed by atoms with Crippen molar-refractivity contribution in [2.75, 3.05) is 7.05 Å². The number of alkyl halides is 6. The summed E-state index contributed by atoms with van der Waals surface area (Å²) in [6, 6.07) is -0.779. The first-order valence-corrected chi connectivity index (χ1v) is 8.95. The highest BCUT2D eigenvalue weighted by atomic mass is 35.6. The SMILES string of the molecule is C[C@H](C[C@H]1NC(=O)/C(=C\[C@H](C)C(Cl)(Cl)Cl)N(C)C1=O)C(Cl)(Cl)Cl. The third-order valence-corrected chi connectivity index (χ3v) is 5.75. The maximum Gasteiger partial charge on any atom is 0.268 e. The molecule has 4 nitrogen and oxygen atoms in total. The number of likely N-dealkylation sites (N-methyl/N-ethyl adjacent to an activating group) is 1. The van der Waals surface area contributed by atoms with E-state index in [4.69, 9.17) is 69.6 Å². The number of nitrogens with one attached hydrogen (secondary N) is 1. The quantitative estimate of drug-likeness (QED) is 0.523. The summed E-state index contributed by atoms with van der Waals surface area (Å²) in [5.74, 6) is -1.77. The molecule has 0 bridgehead atoms. The van der Waals surface area contributed by atoms with E-state index in [0.29, 0.717) is 0 Å². The normalized spacial score (nSPS) is 24.7. The van der Waals surface area contributed by atoms with Crippen molar-refractivity contribution in [3.63, 3.8) is 0 Å². The third-order valence-electron chi connectivity index (χ3n) is 3.60. The first-order valence-electron chi connectivity index (χ1n) is 6.68. The fourth-order valence-corrected chi connectivity index (χ4v) is 2.42. The highest BCUT2D eigenvalue weighted by molar-refractivity contribution is 6.68. The van der Waals surface area contributed by atoms with Gasteiger partial charge in [0, 0.05) is 18.9 Å². The largest absolute Gasteiger partial charge is 0.339 e. The van der Waals surface area contributed by atoms with Crippen molar-refractivity contribution in [1.82, 2.24) is 10.2 Å². The monoisotopic (exact) mass is 442 g/mol.